The molecule has 1 aliphatic rings. The van der Waals surface area contributed by atoms with Gasteiger partial charge in [0.05, 0.1) is 22.3 Å². The Balaban J connectivity index is 2.30. The Morgan fingerprint density at radius 2 is 2.11 bits per heavy atom. The van der Waals surface area contributed by atoms with Gasteiger partial charge in [-0.1, -0.05) is 11.6 Å². The van der Waals surface area contributed by atoms with Gasteiger partial charge in [-0.05, 0) is 6.07 Å². The Morgan fingerprint density at radius 1 is 1.37 bits per heavy atom. The van der Waals surface area contributed by atoms with Gasteiger partial charge in [-0.15, -0.1) is 0 Å². The van der Waals surface area contributed by atoms with Crippen LogP contribution in [-0.2, 0) is 0 Å². The van der Waals surface area contributed by atoms with Gasteiger partial charge in [-0.25, -0.2) is 0 Å². The van der Waals surface area contributed by atoms with Gasteiger partial charge in [-0.2, -0.15) is 5.10 Å². The minimum absolute atomic E-state index is 0.352. The molecule has 2 aromatic rings. The SMILES string of the molecule is Nc1[nH]ncc1-c1c(Cl)cc(C=O)c2c1OCCO2. The van der Waals surface area contributed by atoms with E-state index in [1.54, 1.807) is 6.20 Å². The molecule has 0 unspecified atom stereocenters. The molecule has 0 bridgehead atoms. The van der Waals surface area contributed by atoms with Crippen LogP contribution in [0.2, 0.25) is 5.02 Å². The zero-order chi connectivity index (χ0) is 13.4. The fourth-order valence-electron chi connectivity index (χ4n) is 2.04. The average Bonchev–Trinajstić information content (AvgIpc) is 2.84. The van der Waals surface area contributed by atoms with Crippen LogP contribution in [0, 0.1) is 0 Å². The number of carbonyl (C=O) groups is 1. The van der Waals surface area contributed by atoms with E-state index in [0.29, 0.717) is 58.5 Å². The number of aldehydes is 1. The molecule has 0 amide bonds. The van der Waals surface area contributed by atoms with Crippen LogP contribution in [0.3, 0.4) is 0 Å². The van der Waals surface area contributed by atoms with Crippen LogP contribution in [-0.4, -0.2) is 29.7 Å². The normalized spacial score (nSPS) is 13.3. The van der Waals surface area contributed by atoms with Gasteiger partial charge in [0.1, 0.15) is 19.0 Å². The first-order chi connectivity index (χ1) is 9.22. The van der Waals surface area contributed by atoms with Crippen molar-refractivity contribution < 1.29 is 14.3 Å². The second-order valence-electron chi connectivity index (χ2n) is 3.99. The van der Waals surface area contributed by atoms with Gasteiger partial charge in [-0.3, -0.25) is 9.89 Å². The van der Waals surface area contributed by atoms with Crippen LogP contribution in [0.4, 0.5) is 5.82 Å². The summed E-state index contributed by atoms with van der Waals surface area (Å²) in [6.45, 7) is 0.770. The molecule has 1 aromatic carbocycles. The number of aromatic amines is 1. The van der Waals surface area contributed by atoms with E-state index in [1.807, 2.05) is 0 Å². The van der Waals surface area contributed by atoms with Crippen molar-refractivity contribution in [3.8, 4) is 22.6 Å². The molecule has 0 saturated carbocycles. The highest BCUT2D eigenvalue weighted by atomic mass is 35.5. The summed E-state index contributed by atoms with van der Waals surface area (Å²) in [6, 6.07) is 1.53. The van der Waals surface area contributed by atoms with E-state index < -0.39 is 0 Å². The van der Waals surface area contributed by atoms with Gasteiger partial charge < -0.3 is 15.2 Å². The van der Waals surface area contributed by atoms with Gasteiger partial charge in [0.15, 0.2) is 17.8 Å². The lowest BCUT2D eigenvalue weighted by Gasteiger charge is -2.23. The maximum absolute atomic E-state index is 11.1. The largest absolute Gasteiger partial charge is 0.485 e. The summed E-state index contributed by atoms with van der Waals surface area (Å²) in [5, 5.41) is 6.85. The summed E-state index contributed by atoms with van der Waals surface area (Å²) in [5.74, 6) is 1.19. The molecule has 7 heteroatoms. The van der Waals surface area contributed by atoms with Crippen LogP contribution in [0.1, 0.15) is 10.4 Å². The quantitative estimate of drug-likeness (QED) is 0.819. The van der Waals surface area contributed by atoms with Crippen molar-refractivity contribution >= 4 is 23.7 Å². The van der Waals surface area contributed by atoms with Gasteiger partial charge in [0.2, 0.25) is 0 Å². The highest BCUT2D eigenvalue weighted by Gasteiger charge is 2.25. The fraction of sp³-hybridized carbons (Fsp3) is 0.167. The fourth-order valence-corrected chi connectivity index (χ4v) is 2.34. The molecule has 1 aromatic heterocycles. The first kappa shape index (κ1) is 11.9. The summed E-state index contributed by atoms with van der Waals surface area (Å²) < 4.78 is 11.1. The van der Waals surface area contributed by atoms with Crippen LogP contribution >= 0.6 is 11.6 Å². The molecule has 0 spiro atoms. The van der Waals surface area contributed by atoms with Gasteiger partial charge in [0, 0.05) is 5.56 Å². The second-order valence-corrected chi connectivity index (χ2v) is 4.40. The Kier molecular flexibility index (Phi) is 2.79. The Labute approximate surface area is 113 Å². The third-order valence-electron chi connectivity index (χ3n) is 2.86. The summed E-state index contributed by atoms with van der Waals surface area (Å²) >= 11 is 6.22. The number of nitrogens with two attached hydrogens (primary N) is 1. The number of nitrogens with zero attached hydrogens (tertiary/aromatic N) is 1. The zero-order valence-corrected chi connectivity index (χ0v) is 10.5. The molecule has 0 fully saturated rings. The standard InChI is InChI=1S/C12H10ClN3O3/c13-8-3-6(5-17)10-11(19-2-1-18-10)9(8)7-4-15-16-12(7)14/h3-5H,1-2H2,(H3,14,15,16). The molecule has 2 heterocycles. The number of ether oxygens (including phenoxy) is 2. The number of halogens is 1. The molecule has 1 aliphatic heterocycles. The smallest absolute Gasteiger partial charge is 0.172 e. The molecular weight excluding hydrogens is 270 g/mol. The topological polar surface area (TPSA) is 90.2 Å². The Morgan fingerprint density at radius 3 is 2.74 bits per heavy atom. The molecule has 19 heavy (non-hydrogen) atoms. The van der Waals surface area contributed by atoms with Gasteiger partial charge in [0.25, 0.3) is 0 Å². The van der Waals surface area contributed by atoms with E-state index in [1.165, 1.54) is 6.07 Å². The third-order valence-corrected chi connectivity index (χ3v) is 3.16. The molecule has 0 saturated heterocycles. The Hall–Kier alpha value is -2.21. The molecule has 0 atom stereocenters. The Bertz CT molecular complexity index is 654. The molecule has 98 valence electrons. The third kappa shape index (κ3) is 1.80. The first-order valence-corrected chi connectivity index (χ1v) is 5.96. The summed E-state index contributed by atoms with van der Waals surface area (Å²) in [7, 11) is 0. The van der Waals surface area contributed by atoms with Crippen LogP contribution in [0.15, 0.2) is 12.3 Å². The lowest BCUT2D eigenvalue weighted by atomic mass is 10.0. The van der Waals surface area contributed by atoms with Crippen molar-refractivity contribution in [3.05, 3.63) is 22.8 Å². The number of rotatable bonds is 2. The van der Waals surface area contributed by atoms with E-state index in [0.717, 1.165) is 0 Å². The summed E-state index contributed by atoms with van der Waals surface area (Å²) in [4.78, 5) is 11.1. The molecule has 3 rings (SSSR count). The van der Waals surface area contributed by atoms with E-state index in [-0.39, 0.29) is 0 Å². The van der Waals surface area contributed by atoms with E-state index in [2.05, 4.69) is 10.2 Å². The van der Waals surface area contributed by atoms with Crippen LogP contribution < -0.4 is 15.2 Å². The number of hydrogen-bond acceptors (Lipinski definition) is 5. The van der Waals surface area contributed by atoms with Crippen LogP contribution in [0.5, 0.6) is 11.5 Å². The van der Waals surface area contributed by atoms with Crippen molar-refractivity contribution in [3.63, 3.8) is 0 Å². The van der Waals surface area contributed by atoms with Crippen molar-refractivity contribution in [2.45, 2.75) is 0 Å². The van der Waals surface area contributed by atoms with Crippen molar-refractivity contribution in [2.24, 2.45) is 0 Å². The lowest BCUT2D eigenvalue weighted by Crippen LogP contribution is -2.17. The average molecular weight is 280 g/mol. The minimum Gasteiger partial charge on any atom is -0.485 e. The highest BCUT2D eigenvalue weighted by Crippen LogP contribution is 2.47. The predicted octanol–water partition coefficient (Wildman–Crippen LogP) is 1.90. The number of nitrogen functional groups attached to an aromatic ring is 1. The summed E-state index contributed by atoms with van der Waals surface area (Å²) in [5.41, 5.74) is 7.35. The van der Waals surface area contributed by atoms with Crippen LogP contribution in [0.25, 0.3) is 11.1 Å². The minimum atomic E-state index is 0.352. The van der Waals surface area contributed by atoms with Gasteiger partial charge >= 0.3 is 0 Å². The van der Waals surface area contributed by atoms with Crippen molar-refractivity contribution in [1.29, 1.82) is 0 Å². The lowest BCUT2D eigenvalue weighted by molar-refractivity contribution is 0.111. The van der Waals surface area contributed by atoms with Crippen molar-refractivity contribution in [2.75, 3.05) is 18.9 Å². The molecule has 0 aliphatic carbocycles. The van der Waals surface area contributed by atoms with Crippen molar-refractivity contribution in [1.82, 2.24) is 10.2 Å². The zero-order valence-electron chi connectivity index (χ0n) is 9.77. The number of nitrogens with one attached hydrogen (secondary N) is 1. The number of anilines is 1. The maximum Gasteiger partial charge on any atom is 0.172 e. The predicted molar refractivity (Wildman–Crippen MR) is 69.8 cm³/mol. The monoisotopic (exact) mass is 279 g/mol. The maximum atomic E-state index is 11.1. The van der Waals surface area contributed by atoms with E-state index >= 15 is 0 Å². The number of carbonyl (C=O) groups excluding carboxylic acids is 1. The number of hydrogen-bond donors (Lipinski definition) is 2. The molecule has 0 radical (unpaired) electrons. The first-order valence-electron chi connectivity index (χ1n) is 5.59. The van der Waals surface area contributed by atoms with E-state index in [4.69, 9.17) is 26.8 Å². The number of benzene rings is 1. The molecule has 3 N–H and O–H groups in total. The summed E-state index contributed by atoms with van der Waals surface area (Å²) in [6.07, 6.45) is 2.23. The molecule has 6 nitrogen and oxygen atoms in total. The van der Waals surface area contributed by atoms with E-state index in [9.17, 15) is 4.79 Å². The molecular formula is C12H10ClN3O3. The highest BCUT2D eigenvalue weighted by molar-refractivity contribution is 6.34. The number of aromatic nitrogens is 2. The number of fused-ring (bicyclic) bond motifs is 1. The second kappa shape index (κ2) is 4.47. The number of H-pyrrole nitrogens is 1.